The molecule has 1 fully saturated rings. The van der Waals surface area contributed by atoms with Crippen molar-refractivity contribution in [2.75, 3.05) is 16.2 Å². The first kappa shape index (κ1) is 26.4. The van der Waals surface area contributed by atoms with E-state index in [1.807, 2.05) is 13.0 Å². The third kappa shape index (κ3) is 4.29. The maximum absolute atomic E-state index is 13.3. The molecule has 0 radical (unpaired) electrons. The second-order valence-corrected chi connectivity index (χ2v) is 10.9. The molecule has 1 aliphatic carbocycles. The first-order valence-corrected chi connectivity index (χ1v) is 13.2. The molecule has 0 saturated heterocycles. The summed E-state index contributed by atoms with van der Waals surface area (Å²) in [7, 11) is -4.30. The van der Waals surface area contributed by atoms with Gasteiger partial charge in [-0.15, -0.1) is 10.2 Å². The second-order valence-electron chi connectivity index (χ2n) is 9.21. The van der Waals surface area contributed by atoms with Crippen LogP contribution in [0.15, 0.2) is 22.4 Å². The van der Waals surface area contributed by atoms with Crippen molar-refractivity contribution in [2.45, 2.75) is 62.9 Å². The molecule has 2 heterocycles. The number of sulfonamides is 1. The average Bonchev–Trinajstić information content (AvgIpc) is 3.27. The molecule has 196 valence electrons. The Hall–Kier alpha value is -3.65. The Labute approximate surface area is 212 Å². The van der Waals surface area contributed by atoms with Crippen molar-refractivity contribution in [2.24, 2.45) is 17.3 Å². The van der Waals surface area contributed by atoms with Gasteiger partial charge in [-0.1, -0.05) is 19.3 Å². The molecule has 1 aliphatic heterocycles. The Morgan fingerprint density at radius 2 is 1.86 bits per heavy atom. The molecule has 1 saturated carbocycles. The highest BCUT2D eigenvalue weighted by Crippen LogP contribution is 2.55. The van der Waals surface area contributed by atoms with Crippen LogP contribution in [0.5, 0.6) is 0 Å². The van der Waals surface area contributed by atoms with E-state index >= 15 is 0 Å². The number of anilines is 2. The van der Waals surface area contributed by atoms with Gasteiger partial charge in [0.05, 0.1) is 5.69 Å². The summed E-state index contributed by atoms with van der Waals surface area (Å²) in [5.74, 6) is -0.130. The van der Waals surface area contributed by atoms with Crippen LogP contribution >= 0.6 is 0 Å². The van der Waals surface area contributed by atoms with Crippen LogP contribution in [0.4, 0.5) is 36.2 Å². The Balaban J connectivity index is 1.90. The average molecular weight is 535 g/mol. The smallest absolute Gasteiger partial charge is 0.368 e. The highest BCUT2D eigenvalue weighted by Gasteiger charge is 2.50. The number of rotatable bonds is 5. The minimum absolute atomic E-state index is 0.0537. The molecule has 2 aromatic rings. The lowest BCUT2D eigenvalue weighted by Crippen LogP contribution is -2.43. The SMILES string of the molecule is CCN1c2cc(NS(=O)(=O)C(F)(F)F)c(N=Nc3nc(C#N)c(C#N)n3C)cc2C2(CCCCC2)C1C. The fourth-order valence-electron chi connectivity index (χ4n) is 5.51. The highest BCUT2D eigenvalue weighted by molar-refractivity contribution is 7.93. The van der Waals surface area contributed by atoms with Gasteiger partial charge in [0.25, 0.3) is 5.95 Å². The number of halogens is 3. The molecule has 0 amide bonds. The first-order valence-electron chi connectivity index (χ1n) is 11.7. The Kier molecular flexibility index (Phi) is 6.67. The van der Waals surface area contributed by atoms with Crippen molar-refractivity contribution in [3.63, 3.8) is 0 Å². The summed E-state index contributed by atoms with van der Waals surface area (Å²) in [6.07, 6.45) is 4.87. The minimum atomic E-state index is -5.74. The number of nitrogens with one attached hydrogen (secondary N) is 1. The largest absolute Gasteiger partial charge is 0.516 e. The molecule has 1 spiro atoms. The molecule has 1 aromatic carbocycles. The van der Waals surface area contributed by atoms with Crippen LogP contribution in [0.3, 0.4) is 0 Å². The molecule has 2 aliphatic rings. The molecule has 1 atom stereocenters. The third-order valence-corrected chi connectivity index (χ3v) is 8.49. The molecule has 1 N–H and O–H groups in total. The zero-order valence-corrected chi connectivity index (χ0v) is 21.3. The number of aromatic nitrogens is 2. The molecule has 4 rings (SSSR count). The molecule has 37 heavy (non-hydrogen) atoms. The van der Waals surface area contributed by atoms with Crippen LogP contribution in [0.2, 0.25) is 0 Å². The van der Waals surface area contributed by atoms with Crippen LogP contribution in [-0.2, 0) is 22.5 Å². The van der Waals surface area contributed by atoms with Gasteiger partial charge in [-0.3, -0.25) is 4.72 Å². The fraction of sp³-hybridized carbons (Fsp3) is 0.522. The summed E-state index contributed by atoms with van der Waals surface area (Å²) >= 11 is 0. The van der Waals surface area contributed by atoms with Crippen molar-refractivity contribution in [3.05, 3.63) is 29.1 Å². The molecule has 0 bridgehead atoms. The van der Waals surface area contributed by atoms with Gasteiger partial charge >= 0.3 is 15.5 Å². The lowest BCUT2D eigenvalue weighted by Gasteiger charge is -2.40. The maximum Gasteiger partial charge on any atom is 0.516 e. The zero-order chi connectivity index (χ0) is 27.2. The molecule has 1 unspecified atom stereocenters. The van der Waals surface area contributed by atoms with Crippen LogP contribution in [0.1, 0.15) is 62.9 Å². The minimum Gasteiger partial charge on any atom is -0.368 e. The number of azo groups is 1. The first-order chi connectivity index (χ1) is 17.4. The maximum atomic E-state index is 13.3. The van der Waals surface area contributed by atoms with Crippen molar-refractivity contribution < 1.29 is 21.6 Å². The van der Waals surface area contributed by atoms with E-state index in [0.717, 1.165) is 37.7 Å². The van der Waals surface area contributed by atoms with E-state index in [0.29, 0.717) is 12.2 Å². The summed E-state index contributed by atoms with van der Waals surface area (Å²) in [6, 6.07) is 6.65. The predicted octanol–water partition coefficient (Wildman–Crippen LogP) is 5.27. The van der Waals surface area contributed by atoms with E-state index in [2.05, 4.69) is 27.0 Å². The van der Waals surface area contributed by atoms with Crippen molar-refractivity contribution in [3.8, 4) is 12.1 Å². The van der Waals surface area contributed by atoms with Crippen molar-refractivity contribution in [1.82, 2.24) is 9.55 Å². The lowest BCUT2D eigenvalue weighted by molar-refractivity contribution is -0.0429. The Morgan fingerprint density at radius 1 is 1.19 bits per heavy atom. The number of likely N-dealkylation sites (N-methyl/N-ethyl adjacent to an activating group) is 1. The third-order valence-electron chi connectivity index (χ3n) is 7.39. The van der Waals surface area contributed by atoms with E-state index in [-0.39, 0.29) is 40.2 Å². The molecular formula is C23H25F3N8O2S. The number of imidazole rings is 1. The molecule has 1 aromatic heterocycles. The zero-order valence-electron chi connectivity index (χ0n) is 20.5. The second kappa shape index (κ2) is 9.34. The number of nitrogens with zero attached hydrogens (tertiary/aromatic N) is 7. The van der Waals surface area contributed by atoms with Crippen LogP contribution in [0.25, 0.3) is 0 Å². The van der Waals surface area contributed by atoms with Gasteiger partial charge in [-0.05, 0) is 44.4 Å². The van der Waals surface area contributed by atoms with Crippen molar-refractivity contribution in [1.29, 1.82) is 10.5 Å². The fourth-order valence-corrected chi connectivity index (χ4v) is 6.08. The van der Waals surface area contributed by atoms with Gasteiger partial charge in [0, 0.05) is 30.7 Å². The van der Waals surface area contributed by atoms with E-state index in [1.54, 1.807) is 16.9 Å². The summed E-state index contributed by atoms with van der Waals surface area (Å²) in [4.78, 5) is 6.02. The van der Waals surface area contributed by atoms with Crippen LogP contribution in [-0.4, -0.2) is 36.1 Å². The topological polar surface area (TPSA) is 140 Å². The predicted molar refractivity (Wildman–Crippen MR) is 129 cm³/mol. The van der Waals surface area contributed by atoms with E-state index in [4.69, 9.17) is 0 Å². The van der Waals surface area contributed by atoms with Gasteiger partial charge in [-0.2, -0.15) is 37.1 Å². The normalized spacial score (nSPS) is 19.1. The number of fused-ring (bicyclic) bond motifs is 2. The van der Waals surface area contributed by atoms with E-state index in [9.17, 15) is 32.1 Å². The molecule has 14 heteroatoms. The van der Waals surface area contributed by atoms with Gasteiger partial charge in [0.2, 0.25) is 0 Å². The summed E-state index contributed by atoms with van der Waals surface area (Å²) in [6.45, 7) is 4.61. The van der Waals surface area contributed by atoms with Gasteiger partial charge in [0.1, 0.15) is 17.8 Å². The van der Waals surface area contributed by atoms with Crippen molar-refractivity contribution >= 4 is 33.0 Å². The van der Waals surface area contributed by atoms with Gasteiger partial charge in [-0.25, -0.2) is 0 Å². The molecular weight excluding hydrogens is 509 g/mol. The number of hydrogen-bond acceptors (Lipinski definition) is 8. The quantitative estimate of drug-likeness (QED) is 0.518. The monoisotopic (exact) mass is 534 g/mol. The van der Waals surface area contributed by atoms with Crippen LogP contribution < -0.4 is 9.62 Å². The number of benzene rings is 1. The Bertz CT molecular complexity index is 1440. The summed E-state index contributed by atoms with van der Waals surface area (Å²) in [5, 5.41) is 26.5. The summed E-state index contributed by atoms with van der Waals surface area (Å²) in [5.41, 5.74) is -4.98. The van der Waals surface area contributed by atoms with Gasteiger partial charge < -0.3 is 9.47 Å². The van der Waals surface area contributed by atoms with Crippen LogP contribution in [0, 0.1) is 22.7 Å². The van der Waals surface area contributed by atoms with E-state index in [1.165, 1.54) is 17.7 Å². The molecule has 10 nitrogen and oxygen atoms in total. The number of hydrogen-bond donors (Lipinski definition) is 1. The lowest BCUT2D eigenvalue weighted by atomic mass is 9.67. The Morgan fingerprint density at radius 3 is 2.41 bits per heavy atom. The van der Waals surface area contributed by atoms with E-state index < -0.39 is 15.5 Å². The summed E-state index contributed by atoms with van der Waals surface area (Å²) < 4.78 is 66.7. The number of alkyl halides is 3. The number of nitriles is 2. The van der Waals surface area contributed by atoms with Gasteiger partial charge in [0.15, 0.2) is 11.4 Å². The standard InChI is InChI=1S/C23H25F3N8O2S/c1-4-34-14(2)22(8-6-5-7-9-22)15-10-16(17(11-19(15)34)32-37(35,36)23(24,25)26)30-31-21-29-18(12-27)20(13-28)33(21)3/h10-11,14,32H,4-9H2,1-3H3. The highest BCUT2D eigenvalue weighted by atomic mass is 32.2.